The third kappa shape index (κ3) is 23.3. The fourth-order valence-corrected chi connectivity index (χ4v) is 11.4. The third-order valence-corrected chi connectivity index (χ3v) is 17.6. The zero-order chi connectivity index (χ0) is 63.6. The van der Waals surface area contributed by atoms with Gasteiger partial charge in [0.05, 0.1) is 44.1 Å². The molecule has 0 unspecified atom stereocenters. The zero-order valence-electron chi connectivity index (χ0n) is 50.6. The Labute approximate surface area is 501 Å². The lowest BCUT2D eigenvalue weighted by Gasteiger charge is -2.38. The largest absolute Gasteiger partial charge is 0.506 e. The van der Waals surface area contributed by atoms with Crippen molar-refractivity contribution in [3.63, 3.8) is 0 Å². The molecule has 28 heteroatoms. The average molecular weight is 1230 g/mol. The number of esters is 1. The third-order valence-electron chi connectivity index (χ3n) is 14.6. The molecule has 26 nitrogen and oxygen atoms in total. The highest BCUT2D eigenvalue weighted by atomic mass is 32.1. The molecule has 0 saturated carbocycles. The second-order valence-corrected chi connectivity index (χ2v) is 24.6. The summed E-state index contributed by atoms with van der Waals surface area (Å²) in [5, 5.41) is 26.9. The van der Waals surface area contributed by atoms with Gasteiger partial charge in [-0.15, -0.1) is 11.3 Å². The van der Waals surface area contributed by atoms with Crippen LogP contribution < -0.4 is 25.9 Å². The molecule has 470 valence electrons. The van der Waals surface area contributed by atoms with Gasteiger partial charge in [-0.1, -0.05) is 53.5 Å². The highest BCUT2D eigenvalue weighted by molar-refractivity contribution is 7.57. The van der Waals surface area contributed by atoms with Crippen LogP contribution in [0.1, 0.15) is 121 Å². The lowest BCUT2D eigenvalue weighted by molar-refractivity contribution is -0.192. The van der Waals surface area contributed by atoms with Crippen LogP contribution in [0.3, 0.4) is 0 Å². The molecular weight excluding hydrogens is 1140 g/mol. The van der Waals surface area contributed by atoms with E-state index in [2.05, 4.69) is 30.9 Å². The van der Waals surface area contributed by atoms with E-state index in [9.17, 15) is 52.8 Å². The van der Waals surface area contributed by atoms with Crippen molar-refractivity contribution < 1.29 is 76.6 Å². The standard InChI is InChI=1S/C56H85N10O14PS.CO2/c1-12-14-40(60-53(75)43-35-82-54(62-43)46(80-38(6)67)34-44(36(3)4)64(11)55(76)41(37(5)13-2)33-47(69)56(7,8)63(9)10)31-39-15-16-45(68)42(32-39)61-48(70)21-27-78-29-30-79-28-24-59-81(77,57-22-25-65-49(71)17-18-50(65)72)58-23-26-66-51(73)19-20-52(66)74;2-1-3/h15-20,32,35-37,40-41,44,46,68H,12-14,21-31,33-34H2,1-11H3,(H,60,75)(H,61,70)(H3,57,58,59,77);/t37-,40+,41-,44+,46+;/m0./s1. The van der Waals surface area contributed by atoms with Gasteiger partial charge in [-0.3, -0.25) is 62.4 Å². The first-order valence-electron chi connectivity index (χ1n) is 28.2. The van der Waals surface area contributed by atoms with Crippen LogP contribution in [0, 0.1) is 17.8 Å². The van der Waals surface area contributed by atoms with E-state index < -0.39 is 72.6 Å². The quantitative estimate of drug-likeness (QED) is 0.0182. The van der Waals surface area contributed by atoms with E-state index in [0.29, 0.717) is 24.3 Å². The smallest absolute Gasteiger partial charge is 0.373 e. The lowest BCUT2D eigenvalue weighted by atomic mass is 9.81. The van der Waals surface area contributed by atoms with E-state index in [4.69, 9.17) is 23.8 Å². The second-order valence-electron chi connectivity index (χ2n) is 21.5. The monoisotopic (exact) mass is 1230 g/mol. The van der Waals surface area contributed by atoms with Gasteiger partial charge in [-0.2, -0.15) is 9.59 Å². The number of aromatic hydroxyl groups is 1. The minimum absolute atomic E-state index is 0.0256. The summed E-state index contributed by atoms with van der Waals surface area (Å²) in [4.78, 5) is 141. The number of phenols is 1. The number of anilines is 1. The number of hydrogen-bond donors (Lipinski definition) is 6. The van der Waals surface area contributed by atoms with Crippen molar-refractivity contribution in [2.24, 2.45) is 17.8 Å². The van der Waals surface area contributed by atoms with Gasteiger partial charge in [0.1, 0.15) is 16.5 Å². The second kappa shape index (κ2) is 35.7. The minimum atomic E-state index is -3.59. The van der Waals surface area contributed by atoms with Crippen molar-refractivity contribution in [3.8, 4) is 5.75 Å². The van der Waals surface area contributed by atoms with Crippen LogP contribution >= 0.6 is 18.9 Å². The molecular formula is C57H85N10O16PS. The molecule has 7 amide bonds. The molecule has 0 aliphatic carbocycles. The highest BCUT2D eigenvalue weighted by Gasteiger charge is 2.39. The Morgan fingerprint density at radius 3 is 1.91 bits per heavy atom. The molecule has 5 atom stereocenters. The van der Waals surface area contributed by atoms with E-state index >= 15 is 0 Å². The van der Waals surface area contributed by atoms with Gasteiger partial charge in [0.2, 0.25) is 11.8 Å². The number of likely N-dealkylation sites (N-methyl/N-ethyl adjacent to an activating group) is 1. The number of thiazole rings is 1. The number of nitrogens with zero attached hydrogens (tertiary/aromatic N) is 5. The fourth-order valence-electron chi connectivity index (χ4n) is 8.99. The Morgan fingerprint density at radius 2 is 1.39 bits per heavy atom. The molecule has 2 aliphatic heterocycles. The number of benzene rings is 1. The number of nitrogens with one attached hydrogen (secondary N) is 5. The van der Waals surface area contributed by atoms with Crippen LogP contribution in [-0.4, -0.2) is 187 Å². The van der Waals surface area contributed by atoms with Crippen molar-refractivity contribution in [2.75, 3.05) is 85.6 Å². The van der Waals surface area contributed by atoms with Crippen LogP contribution in [0.2, 0.25) is 0 Å². The summed E-state index contributed by atoms with van der Waals surface area (Å²) in [6.07, 6.45) is 6.57. The van der Waals surface area contributed by atoms with Gasteiger partial charge in [-0.05, 0) is 70.3 Å². The predicted octanol–water partition coefficient (Wildman–Crippen LogP) is 3.93. The summed E-state index contributed by atoms with van der Waals surface area (Å²) in [5.74, 6) is -4.43. The van der Waals surface area contributed by atoms with Gasteiger partial charge in [0.25, 0.3) is 37.1 Å². The summed E-state index contributed by atoms with van der Waals surface area (Å²) in [7, 11) is 1.82. The molecule has 1 aromatic heterocycles. The number of rotatable bonds is 38. The van der Waals surface area contributed by atoms with Crippen LogP contribution in [0.5, 0.6) is 5.75 Å². The Kier molecular flexibility index (Phi) is 30.5. The van der Waals surface area contributed by atoms with Crippen LogP contribution in [0.4, 0.5) is 5.69 Å². The lowest BCUT2D eigenvalue weighted by Crippen LogP contribution is -2.50. The van der Waals surface area contributed by atoms with Gasteiger partial charge in [0, 0.05) is 107 Å². The van der Waals surface area contributed by atoms with Crippen LogP contribution in [-0.2, 0) is 73.1 Å². The van der Waals surface area contributed by atoms with Gasteiger partial charge in [-0.25, -0.2) is 20.2 Å². The molecule has 0 radical (unpaired) electrons. The summed E-state index contributed by atoms with van der Waals surface area (Å²) in [6.45, 7) is 15.2. The van der Waals surface area contributed by atoms with E-state index in [1.54, 1.807) is 29.5 Å². The first-order valence-corrected chi connectivity index (χ1v) is 30.8. The highest BCUT2D eigenvalue weighted by Crippen LogP contribution is 2.34. The van der Waals surface area contributed by atoms with Crippen molar-refractivity contribution in [1.29, 1.82) is 0 Å². The zero-order valence-corrected chi connectivity index (χ0v) is 52.3. The van der Waals surface area contributed by atoms with Gasteiger partial charge < -0.3 is 34.9 Å². The van der Waals surface area contributed by atoms with E-state index in [1.807, 2.05) is 67.5 Å². The summed E-state index contributed by atoms with van der Waals surface area (Å²) < 4.78 is 30.7. The summed E-state index contributed by atoms with van der Waals surface area (Å²) in [6, 6.07) is 4.03. The normalized spacial score (nSPS) is 15.1. The number of carbonyl (C=O) groups is 9. The number of carbonyl (C=O) groups excluding carboxylic acids is 11. The maximum Gasteiger partial charge on any atom is 0.373 e. The molecule has 6 N–H and O–H groups in total. The molecule has 4 rings (SSSR count). The van der Waals surface area contributed by atoms with Crippen molar-refractivity contribution in [1.82, 2.24) is 45.2 Å². The van der Waals surface area contributed by atoms with E-state index in [-0.39, 0.29) is 131 Å². The Balaban J connectivity index is 0.00000617. The summed E-state index contributed by atoms with van der Waals surface area (Å²) in [5.41, 5.74) is 0.268. The van der Waals surface area contributed by atoms with Gasteiger partial charge in [0.15, 0.2) is 11.9 Å². The molecule has 0 saturated heterocycles. The number of imide groups is 2. The van der Waals surface area contributed by atoms with Crippen LogP contribution in [0.25, 0.3) is 0 Å². The number of phenolic OH excluding ortho intramolecular Hbond substituents is 1. The number of amides is 7. The molecule has 1 aromatic carbocycles. The maximum absolute atomic E-state index is 14.3. The Hall–Kier alpha value is -6.67. The van der Waals surface area contributed by atoms with E-state index in [1.165, 1.54) is 24.3 Å². The number of Topliss-reactive ketones (excluding diaryl/α,β-unsaturated/α-hetero) is 1. The molecule has 0 fully saturated rings. The van der Waals surface area contributed by atoms with Crippen LogP contribution in [0.15, 0.2) is 47.9 Å². The number of aromatic nitrogens is 1. The molecule has 85 heavy (non-hydrogen) atoms. The number of hydrogen-bond acceptors (Lipinski definition) is 19. The molecule has 2 aliphatic rings. The topological polar surface area (TPSA) is 339 Å². The predicted molar refractivity (Wildman–Crippen MR) is 314 cm³/mol. The van der Waals surface area contributed by atoms with Gasteiger partial charge >= 0.3 is 12.1 Å². The fraction of sp³-hybridized carbons (Fsp3) is 0.596. The van der Waals surface area contributed by atoms with Crippen molar-refractivity contribution in [3.05, 3.63) is 64.1 Å². The minimum Gasteiger partial charge on any atom is -0.506 e. The molecule has 0 bridgehead atoms. The number of ether oxygens (including phenoxy) is 3. The van der Waals surface area contributed by atoms with Crippen molar-refractivity contribution >= 4 is 83.9 Å². The SMILES string of the molecule is CCC[C@H](Cc1ccc(O)c(NC(=O)CCOCCOCCNP(=O)(NCCN2C(=O)C=CC2=O)NCCN2C(=O)C=CC2=O)c1)NC(=O)c1csc([C@@H](C[C@H](C(C)C)N(C)C(=O)[C@@H](CC(=O)C(C)(C)N(C)C)[C@@H](C)CC)OC(C)=O)n1.O=C=O. The Bertz CT molecular complexity index is 2690. The number of ketones is 1. The first-order chi connectivity index (χ1) is 40.1. The van der Waals surface area contributed by atoms with E-state index in [0.717, 1.165) is 46.1 Å². The maximum atomic E-state index is 14.3. The first kappa shape index (κ1) is 72.6. The summed E-state index contributed by atoms with van der Waals surface area (Å²) >= 11 is 1.17. The van der Waals surface area contributed by atoms with Crippen molar-refractivity contribution in [2.45, 2.75) is 124 Å². The molecule has 0 spiro atoms. The Morgan fingerprint density at radius 1 is 0.835 bits per heavy atom. The molecule has 2 aromatic rings. The average Bonchev–Trinajstić information content (AvgIpc) is 4.29. The molecule has 3 heterocycles.